The van der Waals surface area contributed by atoms with Crippen LogP contribution in [0.4, 0.5) is 4.39 Å². The maximum atomic E-state index is 12.9. The van der Waals surface area contributed by atoms with Crippen LogP contribution in [0.1, 0.15) is 10.4 Å². The maximum absolute atomic E-state index is 12.9. The van der Waals surface area contributed by atoms with Crippen molar-refractivity contribution in [3.05, 3.63) is 28.0 Å². The Balaban J connectivity index is 3.35. The number of hydrogen-bond acceptors (Lipinski definition) is 2. The smallest absolute Gasteiger partial charge is 0.152 e. The first kappa shape index (κ1) is 9.74. The van der Waals surface area contributed by atoms with Gasteiger partial charge in [0, 0.05) is 10.5 Å². The number of hydrogen-bond donors (Lipinski definition) is 0. The van der Waals surface area contributed by atoms with E-state index < -0.39 is 5.82 Å². The zero-order chi connectivity index (χ0) is 9.14. The minimum atomic E-state index is -0.408. The molecule has 0 aromatic heterocycles. The van der Waals surface area contributed by atoms with E-state index in [2.05, 4.69) is 15.9 Å². The molecular formula is C8H6BrFOS. The summed E-state index contributed by atoms with van der Waals surface area (Å²) in [4.78, 5) is 11.3. The zero-order valence-corrected chi connectivity index (χ0v) is 8.71. The van der Waals surface area contributed by atoms with Crippen molar-refractivity contribution in [2.45, 2.75) is 4.90 Å². The average Bonchev–Trinajstić information content (AvgIpc) is 2.09. The molecule has 0 bridgehead atoms. The highest BCUT2D eigenvalue weighted by Crippen LogP contribution is 2.27. The molecule has 1 nitrogen and oxygen atoms in total. The molecule has 0 fully saturated rings. The first-order chi connectivity index (χ1) is 5.70. The first-order valence-corrected chi connectivity index (χ1v) is 5.19. The number of benzene rings is 1. The molecule has 1 aromatic carbocycles. The van der Waals surface area contributed by atoms with Crippen molar-refractivity contribution in [3.63, 3.8) is 0 Å². The molecule has 12 heavy (non-hydrogen) atoms. The van der Waals surface area contributed by atoms with Crippen molar-refractivity contribution in [2.24, 2.45) is 0 Å². The summed E-state index contributed by atoms with van der Waals surface area (Å²) < 4.78 is 13.1. The minimum absolute atomic E-state index is 0.240. The molecule has 0 amide bonds. The minimum Gasteiger partial charge on any atom is -0.298 e. The van der Waals surface area contributed by atoms with Gasteiger partial charge in [-0.2, -0.15) is 0 Å². The van der Waals surface area contributed by atoms with Crippen molar-refractivity contribution in [2.75, 3.05) is 6.26 Å². The normalized spacial score (nSPS) is 9.92. The standard InChI is InChI=1S/C8H6BrFOS/c1-12-7-3-2-6(10)8(9)5(7)4-11/h2-4H,1H3. The molecule has 0 atom stereocenters. The van der Waals surface area contributed by atoms with E-state index in [1.807, 2.05) is 6.26 Å². The van der Waals surface area contributed by atoms with Gasteiger partial charge in [0.05, 0.1) is 4.47 Å². The van der Waals surface area contributed by atoms with Gasteiger partial charge >= 0.3 is 0 Å². The SMILES string of the molecule is CSc1ccc(F)c(Br)c1C=O. The predicted octanol–water partition coefficient (Wildman–Crippen LogP) is 3.12. The quantitative estimate of drug-likeness (QED) is 0.591. The Kier molecular flexibility index (Phi) is 3.29. The van der Waals surface area contributed by atoms with Gasteiger partial charge in [-0.3, -0.25) is 4.79 Å². The first-order valence-electron chi connectivity index (χ1n) is 3.18. The van der Waals surface area contributed by atoms with Gasteiger partial charge in [-0.1, -0.05) is 0 Å². The summed E-state index contributed by atoms with van der Waals surface area (Å²) in [5.74, 6) is -0.408. The Bertz CT molecular complexity index is 314. The van der Waals surface area contributed by atoms with E-state index in [0.29, 0.717) is 11.8 Å². The largest absolute Gasteiger partial charge is 0.298 e. The average molecular weight is 249 g/mol. The number of rotatable bonds is 2. The van der Waals surface area contributed by atoms with E-state index in [4.69, 9.17) is 0 Å². The highest BCUT2D eigenvalue weighted by molar-refractivity contribution is 9.10. The summed E-state index contributed by atoms with van der Waals surface area (Å²) in [6.07, 6.45) is 2.49. The van der Waals surface area contributed by atoms with Crippen LogP contribution >= 0.6 is 27.7 Å². The van der Waals surface area contributed by atoms with Gasteiger partial charge < -0.3 is 0 Å². The Labute approximate surface area is 82.5 Å². The Morgan fingerprint density at radius 2 is 2.25 bits per heavy atom. The third kappa shape index (κ3) is 1.69. The number of carbonyl (C=O) groups excluding carboxylic acids is 1. The third-order valence-corrected chi connectivity index (χ3v) is 3.03. The van der Waals surface area contributed by atoms with Gasteiger partial charge in [0.1, 0.15) is 5.82 Å². The highest BCUT2D eigenvalue weighted by Gasteiger charge is 2.09. The number of aldehydes is 1. The van der Waals surface area contributed by atoms with E-state index in [9.17, 15) is 9.18 Å². The molecule has 0 unspecified atom stereocenters. The van der Waals surface area contributed by atoms with Crippen molar-refractivity contribution < 1.29 is 9.18 Å². The summed E-state index contributed by atoms with van der Waals surface area (Å²) in [5.41, 5.74) is 0.377. The molecule has 0 spiro atoms. The van der Waals surface area contributed by atoms with Crippen molar-refractivity contribution in [1.82, 2.24) is 0 Å². The van der Waals surface area contributed by atoms with E-state index in [0.717, 1.165) is 4.90 Å². The second kappa shape index (κ2) is 4.05. The summed E-state index contributed by atoms with van der Waals surface area (Å²) in [5, 5.41) is 0. The molecule has 0 saturated heterocycles. The predicted molar refractivity (Wildman–Crippen MR) is 51.3 cm³/mol. The third-order valence-electron chi connectivity index (χ3n) is 1.43. The summed E-state index contributed by atoms with van der Waals surface area (Å²) in [7, 11) is 0. The van der Waals surface area contributed by atoms with Crippen LogP contribution in [0.2, 0.25) is 0 Å². The number of halogens is 2. The fourth-order valence-electron chi connectivity index (χ4n) is 0.836. The van der Waals surface area contributed by atoms with Gasteiger partial charge in [0.2, 0.25) is 0 Å². The van der Waals surface area contributed by atoms with Crippen molar-refractivity contribution in [1.29, 1.82) is 0 Å². The molecule has 0 radical (unpaired) electrons. The van der Waals surface area contributed by atoms with Crippen molar-refractivity contribution in [3.8, 4) is 0 Å². The molecule has 0 aliphatic carbocycles. The summed E-state index contributed by atoms with van der Waals surface area (Å²) in [6.45, 7) is 0. The maximum Gasteiger partial charge on any atom is 0.152 e. The van der Waals surface area contributed by atoms with Crippen LogP contribution in [-0.2, 0) is 0 Å². The van der Waals surface area contributed by atoms with Gasteiger partial charge in [0.15, 0.2) is 6.29 Å². The van der Waals surface area contributed by atoms with E-state index in [1.54, 1.807) is 6.07 Å². The van der Waals surface area contributed by atoms with E-state index in [-0.39, 0.29) is 4.47 Å². The molecule has 0 N–H and O–H groups in total. The Morgan fingerprint density at radius 3 is 2.75 bits per heavy atom. The molecule has 0 aliphatic heterocycles. The highest BCUT2D eigenvalue weighted by atomic mass is 79.9. The van der Waals surface area contributed by atoms with Crippen LogP contribution in [0.15, 0.2) is 21.5 Å². The lowest BCUT2D eigenvalue weighted by Gasteiger charge is -2.03. The zero-order valence-electron chi connectivity index (χ0n) is 6.30. The second-order valence-corrected chi connectivity index (χ2v) is 3.74. The molecule has 64 valence electrons. The summed E-state index contributed by atoms with van der Waals surface area (Å²) in [6, 6.07) is 2.93. The van der Waals surface area contributed by atoms with Gasteiger partial charge in [-0.05, 0) is 34.3 Å². The van der Waals surface area contributed by atoms with Crippen LogP contribution in [0.25, 0.3) is 0 Å². The van der Waals surface area contributed by atoms with E-state index >= 15 is 0 Å². The lowest BCUT2D eigenvalue weighted by atomic mass is 10.2. The molecule has 0 aliphatic rings. The summed E-state index contributed by atoms with van der Waals surface area (Å²) >= 11 is 4.43. The molecule has 0 heterocycles. The molecule has 0 saturated carbocycles. The van der Waals surface area contributed by atoms with Crippen LogP contribution in [-0.4, -0.2) is 12.5 Å². The number of carbonyl (C=O) groups is 1. The molecular weight excluding hydrogens is 243 g/mol. The second-order valence-electron chi connectivity index (χ2n) is 2.10. The molecule has 1 rings (SSSR count). The Hall–Kier alpha value is -0.350. The lowest BCUT2D eigenvalue weighted by Crippen LogP contribution is -1.90. The van der Waals surface area contributed by atoms with Crippen LogP contribution in [0.5, 0.6) is 0 Å². The molecule has 1 aromatic rings. The Morgan fingerprint density at radius 1 is 1.58 bits per heavy atom. The van der Waals surface area contributed by atoms with Crippen LogP contribution in [0, 0.1) is 5.82 Å². The van der Waals surface area contributed by atoms with Gasteiger partial charge in [-0.15, -0.1) is 11.8 Å². The van der Waals surface area contributed by atoms with Gasteiger partial charge in [0.25, 0.3) is 0 Å². The fourth-order valence-corrected chi connectivity index (χ4v) is 1.98. The number of thioether (sulfide) groups is 1. The lowest BCUT2D eigenvalue weighted by molar-refractivity contribution is 0.111. The van der Waals surface area contributed by atoms with Crippen LogP contribution in [0.3, 0.4) is 0 Å². The molecule has 4 heteroatoms. The van der Waals surface area contributed by atoms with Gasteiger partial charge in [-0.25, -0.2) is 4.39 Å². The van der Waals surface area contributed by atoms with Crippen LogP contribution < -0.4 is 0 Å². The van der Waals surface area contributed by atoms with Crippen molar-refractivity contribution >= 4 is 34.0 Å². The topological polar surface area (TPSA) is 17.1 Å². The fraction of sp³-hybridized carbons (Fsp3) is 0.125. The van der Waals surface area contributed by atoms with E-state index in [1.165, 1.54) is 17.8 Å². The monoisotopic (exact) mass is 248 g/mol.